The summed E-state index contributed by atoms with van der Waals surface area (Å²) in [6.45, 7) is 4.95. The molecule has 17 heavy (non-hydrogen) atoms. The van der Waals surface area contributed by atoms with Gasteiger partial charge in [0.2, 0.25) is 0 Å². The molecule has 0 saturated carbocycles. The van der Waals surface area contributed by atoms with Crippen molar-refractivity contribution in [3.8, 4) is 11.1 Å². The molecule has 1 aromatic carbocycles. The molecule has 0 aliphatic rings. The van der Waals surface area contributed by atoms with Gasteiger partial charge in [-0.05, 0) is 37.9 Å². The van der Waals surface area contributed by atoms with Crippen LogP contribution in [0.25, 0.3) is 11.1 Å². The third-order valence-electron chi connectivity index (χ3n) is 2.85. The summed E-state index contributed by atoms with van der Waals surface area (Å²) in [4.78, 5) is 0. The second-order valence-corrected chi connectivity index (χ2v) is 4.54. The van der Waals surface area contributed by atoms with Crippen LogP contribution in [0.4, 0.5) is 0 Å². The van der Waals surface area contributed by atoms with Gasteiger partial charge in [0.25, 0.3) is 0 Å². The molecule has 1 aromatic heterocycles. The molecule has 2 rings (SSSR count). The van der Waals surface area contributed by atoms with Crippen molar-refractivity contribution in [1.82, 2.24) is 9.78 Å². The molecule has 2 N–H and O–H groups in total. The summed E-state index contributed by atoms with van der Waals surface area (Å²) in [6.07, 6.45) is 4.94. The highest BCUT2D eigenvalue weighted by Crippen LogP contribution is 2.20. The number of hydrogen-bond acceptors (Lipinski definition) is 2. The van der Waals surface area contributed by atoms with Crippen molar-refractivity contribution in [3.63, 3.8) is 0 Å². The molecule has 0 radical (unpaired) electrons. The zero-order valence-electron chi connectivity index (χ0n) is 10.4. The summed E-state index contributed by atoms with van der Waals surface area (Å²) in [5.74, 6) is 0. The van der Waals surface area contributed by atoms with Crippen LogP contribution in [0.1, 0.15) is 25.5 Å². The summed E-state index contributed by atoms with van der Waals surface area (Å²) in [5.41, 5.74) is 9.19. The van der Waals surface area contributed by atoms with Crippen molar-refractivity contribution in [1.29, 1.82) is 0 Å². The van der Waals surface area contributed by atoms with Crippen LogP contribution in [0, 0.1) is 0 Å². The molecule has 0 unspecified atom stereocenters. The van der Waals surface area contributed by atoms with Crippen molar-refractivity contribution in [2.75, 3.05) is 6.54 Å². The molecule has 0 fully saturated rings. The minimum atomic E-state index is 0.403. The Morgan fingerprint density at radius 1 is 1.18 bits per heavy atom. The highest BCUT2D eigenvalue weighted by atomic mass is 15.3. The second kappa shape index (κ2) is 5.15. The average Bonchev–Trinajstić information content (AvgIpc) is 2.80. The van der Waals surface area contributed by atoms with Gasteiger partial charge in [-0.15, -0.1) is 0 Å². The van der Waals surface area contributed by atoms with Gasteiger partial charge in [-0.3, -0.25) is 4.68 Å². The van der Waals surface area contributed by atoms with E-state index in [1.54, 1.807) is 0 Å². The van der Waals surface area contributed by atoms with Crippen LogP contribution in [0.15, 0.2) is 36.7 Å². The molecule has 2 aromatic rings. The quantitative estimate of drug-likeness (QED) is 0.875. The maximum atomic E-state index is 5.53. The minimum Gasteiger partial charge on any atom is -0.330 e. The summed E-state index contributed by atoms with van der Waals surface area (Å²) < 4.78 is 1.98. The van der Waals surface area contributed by atoms with Crippen LogP contribution >= 0.6 is 0 Å². The van der Waals surface area contributed by atoms with Crippen LogP contribution in [0.2, 0.25) is 0 Å². The van der Waals surface area contributed by atoms with Crippen LogP contribution in [-0.4, -0.2) is 16.3 Å². The largest absolute Gasteiger partial charge is 0.330 e. The molecule has 0 spiro atoms. The first kappa shape index (κ1) is 11.9. The SMILES string of the molecule is CC(C)n1cc(-c2ccc(CCN)cc2)cn1. The van der Waals surface area contributed by atoms with Crippen LogP contribution in [-0.2, 0) is 6.42 Å². The van der Waals surface area contributed by atoms with E-state index in [-0.39, 0.29) is 0 Å². The Labute approximate surface area is 102 Å². The van der Waals surface area contributed by atoms with Crippen LogP contribution in [0.5, 0.6) is 0 Å². The zero-order valence-corrected chi connectivity index (χ0v) is 10.4. The zero-order chi connectivity index (χ0) is 12.3. The molecule has 0 bridgehead atoms. The lowest BCUT2D eigenvalue weighted by molar-refractivity contribution is 0.532. The number of rotatable bonds is 4. The van der Waals surface area contributed by atoms with E-state index in [1.807, 2.05) is 10.9 Å². The molecule has 0 saturated heterocycles. The smallest absolute Gasteiger partial charge is 0.0568 e. The van der Waals surface area contributed by atoms with E-state index in [0.29, 0.717) is 12.6 Å². The van der Waals surface area contributed by atoms with Crippen molar-refractivity contribution >= 4 is 0 Å². The van der Waals surface area contributed by atoms with Gasteiger partial charge in [-0.2, -0.15) is 5.10 Å². The number of hydrogen-bond donors (Lipinski definition) is 1. The van der Waals surface area contributed by atoms with Gasteiger partial charge < -0.3 is 5.73 Å². The summed E-state index contributed by atoms with van der Waals surface area (Å²) in [6, 6.07) is 8.93. The van der Waals surface area contributed by atoms with Gasteiger partial charge in [-0.25, -0.2) is 0 Å². The monoisotopic (exact) mass is 229 g/mol. The summed E-state index contributed by atoms with van der Waals surface area (Å²) >= 11 is 0. The lowest BCUT2D eigenvalue weighted by atomic mass is 10.1. The van der Waals surface area contributed by atoms with Gasteiger partial charge in [0, 0.05) is 17.8 Å². The van der Waals surface area contributed by atoms with E-state index < -0.39 is 0 Å². The minimum absolute atomic E-state index is 0.403. The predicted molar refractivity (Wildman–Crippen MR) is 70.8 cm³/mol. The number of aromatic nitrogens is 2. The Morgan fingerprint density at radius 3 is 2.41 bits per heavy atom. The van der Waals surface area contributed by atoms with Crippen molar-refractivity contribution in [2.24, 2.45) is 5.73 Å². The molecule has 0 aliphatic carbocycles. The topological polar surface area (TPSA) is 43.8 Å². The lowest BCUT2D eigenvalue weighted by Gasteiger charge is -2.03. The van der Waals surface area contributed by atoms with E-state index in [4.69, 9.17) is 5.73 Å². The highest BCUT2D eigenvalue weighted by molar-refractivity contribution is 5.61. The van der Waals surface area contributed by atoms with Gasteiger partial charge in [0.05, 0.1) is 6.20 Å². The fourth-order valence-electron chi connectivity index (χ4n) is 1.80. The fraction of sp³-hybridized carbons (Fsp3) is 0.357. The maximum absolute atomic E-state index is 5.53. The van der Waals surface area contributed by atoms with Crippen molar-refractivity contribution in [2.45, 2.75) is 26.3 Å². The van der Waals surface area contributed by atoms with Crippen molar-refractivity contribution < 1.29 is 0 Å². The molecular formula is C14H19N3. The fourth-order valence-corrected chi connectivity index (χ4v) is 1.80. The normalized spacial score (nSPS) is 11.1. The Hall–Kier alpha value is -1.61. The molecular weight excluding hydrogens is 210 g/mol. The third-order valence-corrected chi connectivity index (χ3v) is 2.85. The van der Waals surface area contributed by atoms with E-state index in [9.17, 15) is 0 Å². The average molecular weight is 229 g/mol. The van der Waals surface area contributed by atoms with E-state index >= 15 is 0 Å². The second-order valence-electron chi connectivity index (χ2n) is 4.54. The first-order valence-electron chi connectivity index (χ1n) is 6.04. The van der Waals surface area contributed by atoms with Gasteiger partial charge in [0.1, 0.15) is 0 Å². The number of nitrogens with two attached hydrogens (primary N) is 1. The van der Waals surface area contributed by atoms with Gasteiger partial charge in [0.15, 0.2) is 0 Å². The standard InChI is InChI=1S/C14H19N3/c1-11(2)17-10-14(9-16-17)13-5-3-12(4-6-13)7-8-15/h3-6,9-11H,7-8,15H2,1-2H3. The Bertz CT molecular complexity index is 468. The Balaban J connectivity index is 2.21. The first-order valence-corrected chi connectivity index (χ1v) is 6.04. The van der Waals surface area contributed by atoms with Crippen LogP contribution in [0.3, 0.4) is 0 Å². The Morgan fingerprint density at radius 2 is 1.88 bits per heavy atom. The molecule has 1 heterocycles. The molecule has 3 heteroatoms. The molecule has 0 atom stereocenters. The summed E-state index contributed by atoms with van der Waals surface area (Å²) in [7, 11) is 0. The molecule has 0 aliphatic heterocycles. The van der Waals surface area contributed by atoms with Crippen molar-refractivity contribution in [3.05, 3.63) is 42.2 Å². The van der Waals surface area contributed by atoms with Gasteiger partial charge in [-0.1, -0.05) is 24.3 Å². The highest BCUT2D eigenvalue weighted by Gasteiger charge is 2.03. The number of benzene rings is 1. The van der Waals surface area contributed by atoms with E-state index in [2.05, 4.69) is 49.4 Å². The molecule has 90 valence electrons. The van der Waals surface area contributed by atoms with Crippen LogP contribution < -0.4 is 5.73 Å². The molecule has 0 amide bonds. The summed E-state index contributed by atoms with van der Waals surface area (Å²) in [5, 5.41) is 4.35. The first-order chi connectivity index (χ1) is 8.20. The lowest BCUT2D eigenvalue weighted by Crippen LogP contribution is -2.02. The number of nitrogens with zero attached hydrogens (tertiary/aromatic N) is 2. The van der Waals surface area contributed by atoms with E-state index in [0.717, 1.165) is 12.0 Å². The van der Waals surface area contributed by atoms with Gasteiger partial charge >= 0.3 is 0 Å². The predicted octanol–water partition coefficient (Wildman–Crippen LogP) is 2.63. The molecule has 3 nitrogen and oxygen atoms in total. The van der Waals surface area contributed by atoms with E-state index in [1.165, 1.54) is 11.1 Å². The maximum Gasteiger partial charge on any atom is 0.0568 e. The third kappa shape index (κ3) is 2.74. The Kier molecular flexibility index (Phi) is 3.59.